The lowest BCUT2D eigenvalue weighted by Gasteiger charge is -2.07. The summed E-state index contributed by atoms with van der Waals surface area (Å²) in [5.41, 5.74) is 1.44. The minimum Gasteiger partial charge on any atom is -0.466 e. The highest BCUT2D eigenvalue weighted by molar-refractivity contribution is 6.33. The number of esters is 1. The van der Waals surface area contributed by atoms with Crippen LogP contribution in [0.25, 0.3) is 0 Å². The minimum atomic E-state index is -0.396. The molecule has 0 bridgehead atoms. The monoisotopic (exact) mass is 225 g/mol. The van der Waals surface area contributed by atoms with Gasteiger partial charge in [-0.05, 0) is 19.1 Å². The van der Waals surface area contributed by atoms with Gasteiger partial charge in [-0.2, -0.15) is 0 Å². The first kappa shape index (κ1) is 11.6. The average Bonchev–Trinajstić information content (AvgIpc) is 2.21. The Morgan fingerprint density at radius 1 is 1.47 bits per heavy atom. The molecule has 0 aliphatic carbocycles. The third kappa shape index (κ3) is 3.64. The molecule has 0 saturated heterocycles. The maximum absolute atomic E-state index is 10.9. The Balaban J connectivity index is 2.74. The van der Waals surface area contributed by atoms with Gasteiger partial charge in [0.1, 0.15) is 0 Å². The summed E-state index contributed by atoms with van der Waals surface area (Å²) in [7, 11) is 1.33. The fourth-order valence-electron chi connectivity index (χ4n) is 1.05. The summed E-state index contributed by atoms with van der Waals surface area (Å²) in [6, 6.07) is 7.30. The van der Waals surface area contributed by atoms with Crippen LogP contribution in [0, 0.1) is 0 Å². The van der Waals surface area contributed by atoms with Crippen LogP contribution >= 0.6 is 11.6 Å². The molecular weight excluding hydrogens is 214 g/mol. The van der Waals surface area contributed by atoms with Crippen LogP contribution in [0.5, 0.6) is 0 Å². The Morgan fingerprint density at radius 2 is 2.13 bits per heavy atom. The van der Waals surface area contributed by atoms with Crippen LogP contribution in [0.1, 0.15) is 6.92 Å². The van der Waals surface area contributed by atoms with Crippen LogP contribution in [0.4, 0.5) is 5.69 Å². The number of hydrogen-bond acceptors (Lipinski definition) is 3. The second-order valence-electron chi connectivity index (χ2n) is 2.96. The lowest BCUT2D eigenvalue weighted by molar-refractivity contribution is -0.134. The predicted molar refractivity (Wildman–Crippen MR) is 60.8 cm³/mol. The van der Waals surface area contributed by atoms with Crippen LogP contribution in [0.15, 0.2) is 36.0 Å². The second kappa shape index (κ2) is 5.41. The number of carbonyl (C=O) groups is 1. The molecule has 0 amide bonds. The molecule has 3 nitrogen and oxygen atoms in total. The molecule has 0 aromatic heterocycles. The van der Waals surface area contributed by atoms with Gasteiger partial charge in [-0.15, -0.1) is 0 Å². The maximum atomic E-state index is 10.9. The van der Waals surface area contributed by atoms with Crippen molar-refractivity contribution in [3.05, 3.63) is 41.1 Å². The van der Waals surface area contributed by atoms with Gasteiger partial charge in [-0.1, -0.05) is 23.7 Å². The van der Waals surface area contributed by atoms with Gasteiger partial charge in [0.05, 0.1) is 17.8 Å². The number of methoxy groups -OCH3 is 1. The summed E-state index contributed by atoms with van der Waals surface area (Å²) in [5.74, 6) is -0.396. The highest BCUT2D eigenvalue weighted by Gasteiger charge is 2.00. The van der Waals surface area contributed by atoms with E-state index in [1.807, 2.05) is 18.2 Å². The smallest absolute Gasteiger partial charge is 0.332 e. The number of halogens is 1. The van der Waals surface area contributed by atoms with E-state index in [1.165, 1.54) is 13.2 Å². The van der Waals surface area contributed by atoms with Crippen molar-refractivity contribution in [1.82, 2.24) is 0 Å². The predicted octanol–water partition coefficient (Wildman–Crippen LogP) is 2.83. The van der Waals surface area contributed by atoms with E-state index in [9.17, 15) is 4.79 Å². The summed E-state index contributed by atoms with van der Waals surface area (Å²) < 4.78 is 4.50. The quantitative estimate of drug-likeness (QED) is 0.635. The standard InChI is InChI=1S/C11H12ClNO2/c1-8(7-11(14)15-2)13-10-6-4-3-5-9(10)12/h3-7,13H,1-2H3/b8-7-. The molecule has 1 rings (SSSR count). The average molecular weight is 226 g/mol. The van der Waals surface area contributed by atoms with E-state index in [-0.39, 0.29) is 0 Å². The largest absolute Gasteiger partial charge is 0.466 e. The minimum absolute atomic E-state index is 0.396. The Hall–Kier alpha value is -1.48. The van der Waals surface area contributed by atoms with E-state index >= 15 is 0 Å². The zero-order chi connectivity index (χ0) is 11.3. The van der Waals surface area contributed by atoms with Crippen molar-refractivity contribution in [2.24, 2.45) is 0 Å². The van der Waals surface area contributed by atoms with Gasteiger partial charge >= 0.3 is 5.97 Å². The molecular formula is C11H12ClNO2. The highest BCUT2D eigenvalue weighted by atomic mass is 35.5. The number of carbonyl (C=O) groups excluding carboxylic acids is 1. The second-order valence-corrected chi connectivity index (χ2v) is 3.36. The van der Waals surface area contributed by atoms with Gasteiger partial charge in [0.25, 0.3) is 0 Å². The number of allylic oxidation sites excluding steroid dienone is 1. The van der Waals surface area contributed by atoms with Crippen molar-refractivity contribution >= 4 is 23.3 Å². The molecule has 0 aliphatic rings. The zero-order valence-corrected chi connectivity index (χ0v) is 9.34. The molecule has 15 heavy (non-hydrogen) atoms. The van der Waals surface area contributed by atoms with Crippen LogP contribution in [0.3, 0.4) is 0 Å². The fourth-order valence-corrected chi connectivity index (χ4v) is 1.23. The lowest BCUT2D eigenvalue weighted by Crippen LogP contribution is -2.02. The summed E-state index contributed by atoms with van der Waals surface area (Å²) in [6.07, 6.45) is 1.36. The van der Waals surface area contributed by atoms with Crippen molar-refractivity contribution in [1.29, 1.82) is 0 Å². The maximum Gasteiger partial charge on any atom is 0.332 e. The van der Waals surface area contributed by atoms with Gasteiger partial charge in [-0.25, -0.2) is 4.79 Å². The van der Waals surface area contributed by atoms with E-state index < -0.39 is 5.97 Å². The third-order valence-electron chi connectivity index (χ3n) is 1.74. The molecule has 4 heteroatoms. The summed E-state index contributed by atoms with van der Waals surface area (Å²) in [5, 5.41) is 3.61. The molecule has 0 unspecified atom stereocenters. The lowest BCUT2D eigenvalue weighted by atomic mass is 10.3. The van der Waals surface area contributed by atoms with E-state index in [0.29, 0.717) is 10.7 Å². The van der Waals surface area contributed by atoms with Crippen LogP contribution < -0.4 is 5.32 Å². The molecule has 0 aliphatic heterocycles. The Labute approximate surface area is 93.7 Å². The first-order valence-electron chi connectivity index (χ1n) is 4.41. The Kier molecular flexibility index (Phi) is 4.18. The van der Waals surface area contributed by atoms with Crippen molar-refractivity contribution in [3.63, 3.8) is 0 Å². The van der Waals surface area contributed by atoms with Gasteiger partial charge in [0.15, 0.2) is 0 Å². The number of anilines is 1. The molecule has 0 heterocycles. The van der Waals surface area contributed by atoms with Gasteiger partial charge < -0.3 is 10.1 Å². The number of nitrogens with one attached hydrogen (secondary N) is 1. The van der Waals surface area contributed by atoms with E-state index in [0.717, 1.165) is 5.69 Å². The Morgan fingerprint density at radius 3 is 2.73 bits per heavy atom. The van der Waals surface area contributed by atoms with Crippen molar-refractivity contribution in [2.75, 3.05) is 12.4 Å². The molecule has 0 radical (unpaired) electrons. The first-order valence-corrected chi connectivity index (χ1v) is 4.79. The van der Waals surface area contributed by atoms with Crippen LogP contribution in [-0.2, 0) is 9.53 Å². The first-order chi connectivity index (χ1) is 7.13. The van der Waals surface area contributed by atoms with E-state index in [2.05, 4.69) is 10.1 Å². The summed E-state index contributed by atoms with van der Waals surface area (Å²) >= 11 is 5.93. The van der Waals surface area contributed by atoms with Crippen LogP contribution in [-0.4, -0.2) is 13.1 Å². The fraction of sp³-hybridized carbons (Fsp3) is 0.182. The van der Waals surface area contributed by atoms with Gasteiger partial charge in [0.2, 0.25) is 0 Å². The number of benzene rings is 1. The van der Waals surface area contributed by atoms with Crippen molar-refractivity contribution in [2.45, 2.75) is 6.92 Å². The summed E-state index contributed by atoms with van der Waals surface area (Å²) in [6.45, 7) is 1.76. The molecule has 1 aromatic carbocycles. The zero-order valence-electron chi connectivity index (χ0n) is 8.58. The Bertz CT molecular complexity index is 388. The molecule has 0 atom stereocenters. The van der Waals surface area contributed by atoms with Crippen LogP contribution in [0.2, 0.25) is 5.02 Å². The number of rotatable bonds is 3. The molecule has 1 aromatic rings. The van der Waals surface area contributed by atoms with E-state index in [4.69, 9.17) is 11.6 Å². The van der Waals surface area contributed by atoms with E-state index in [1.54, 1.807) is 13.0 Å². The highest BCUT2D eigenvalue weighted by Crippen LogP contribution is 2.21. The molecule has 80 valence electrons. The number of hydrogen-bond donors (Lipinski definition) is 1. The van der Waals surface area contributed by atoms with Crippen molar-refractivity contribution in [3.8, 4) is 0 Å². The molecule has 1 N–H and O–H groups in total. The number of ether oxygens (including phenoxy) is 1. The SMILES string of the molecule is COC(=O)/C=C(/C)Nc1ccccc1Cl. The summed E-state index contributed by atoms with van der Waals surface area (Å²) in [4.78, 5) is 10.9. The third-order valence-corrected chi connectivity index (χ3v) is 2.07. The normalized spacial score (nSPS) is 11.0. The van der Waals surface area contributed by atoms with Gasteiger partial charge in [0, 0.05) is 11.8 Å². The number of para-hydroxylation sites is 1. The van der Waals surface area contributed by atoms with Gasteiger partial charge in [-0.3, -0.25) is 0 Å². The van der Waals surface area contributed by atoms with Crippen molar-refractivity contribution < 1.29 is 9.53 Å². The molecule has 0 spiro atoms. The molecule has 0 fully saturated rings. The molecule has 0 saturated carbocycles. The topological polar surface area (TPSA) is 38.3 Å².